The third-order valence-corrected chi connectivity index (χ3v) is 6.71. The Balaban J connectivity index is 1.36. The molecule has 0 aliphatic carbocycles. The number of carbonyl (C=O) groups is 2. The van der Waals surface area contributed by atoms with E-state index in [0.29, 0.717) is 22.5 Å². The Labute approximate surface area is 203 Å². The van der Waals surface area contributed by atoms with E-state index in [2.05, 4.69) is 26.3 Å². The third kappa shape index (κ3) is 4.95. The smallest absolute Gasteiger partial charge is 0.265 e. The first-order valence-corrected chi connectivity index (χ1v) is 12.1. The number of rotatable bonds is 6. The average molecular weight is 476 g/mol. The van der Waals surface area contributed by atoms with E-state index in [9.17, 15) is 14.4 Å². The maximum absolute atomic E-state index is 13.5. The van der Waals surface area contributed by atoms with Crippen LogP contribution < -0.4 is 15.6 Å². The monoisotopic (exact) mass is 475 g/mol. The van der Waals surface area contributed by atoms with Gasteiger partial charge in [0.05, 0.1) is 11.2 Å². The molecule has 0 bridgehead atoms. The van der Waals surface area contributed by atoms with Crippen molar-refractivity contribution in [3.05, 3.63) is 64.0 Å². The summed E-state index contributed by atoms with van der Waals surface area (Å²) in [6.45, 7) is 5.07. The zero-order valence-corrected chi connectivity index (χ0v) is 19.8. The molecule has 35 heavy (non-hydrogen) atoms. The molecular weight excluding hydrogens is 446 g/mol. The molecule has 2 amide bonds. The van der Waals surface area contributed by atoms with Gasteiger partial charge in [-0.15, -0.1) is 0 Å². The van der Waals surface area contributed by atoms with E-state index in [1.807, 2.05) is 12.3 Å². The molecule has 2 fully saturated rings. The van der Waals surface area contributed by atoms with E-state index in [4.69, 9.17) is 4.74 Å². The summed E-state index contributed by atoms with van der Waals surface area (Å²) in [5.41, 5.74) is 2.07. The summed E-state index contributed by atoms with van der Waals surface area (Å²) in [7, 11) is 0. The van der Waals surface area contributed by atoms with Gasteiger partial charge in [0, 0.05) is 19.2 Å². The standard InChI is InChI=1S/C26H29N5O4/c1-17-28-20-6-5-7-22(24(20)26(34)31(17)21-10-11-23(32)29-25(21)33)35-16-19-9-8-18(14-27-19)15-30-12-3-2-4-13-30/h5-9,14,21H,2-4,10-13,15-16H2,1H3,(H,29,32,33). The van der Waals surface area contributed by atoms with Gasteiger partial charge in [-0.25, -0.2) is 4.98 Å². The molecule has 1 atom stereocenters. The number of likely N-dealkylation sites (tertiary alicyclic amines) is 1. The van der Waals surface area contributed by atoms with Crippen LogP contribution in [0.15, 0.2) is 41.3 Å². The minimum atomic E-state index is -0.778. The van der Waals surface area contributed by atoms with Crippen LogP contribution in [0.4, 0.5) is 0 Å². The molecular formula is C26H29N5O4. The molecule has 2 aromatic heterocycles. The van der Waals surface area contributed by atoms with Crippen molar-refractivity contribution in [2.24, 2.45) is 0 Å². The summed E-state index contributed by atoms with van der Waals surface area (Å²) < 4.78 is 7.39. The lowest BCUT2D eigenvalue weighted by atomic mass is 10.1. The molecule has 2 aliphatic heterocycles. The van der Waals surface area contributed by atoms with E-state index in [1.165, 1.54) is 29.4 Å². The topological polar surface area (TPSA) is 106 Å². The molecule has 2 aliphatic rings. The second-order valence-corrected chi connectivity index (χ2v) is 9.23. The van der Waals surface area contributed by atoms with Crippen LogP contribution in [0.2, 0.25) is 0 Å². The number of ether oxygens (including phenoxy) is 1. The van der Waals surface area contributed by atoms with Gasteiger partial charge in [0.25, 0.3) is 5.56 Å². The van der Waals surface area contributed by atoms with E-state index in [1.54, 1.807) is 25.1 Å². The molecule has 9 nitrogen and oxygen atoms in total. The van der Waals surface area contributed by atoms with Crippen LogP contribution in [0.1, 0.15) is 55.2 Å². The van der Waals surface area contributed by atoms with E-state index in [-0.39, 0.29) is 30.9 Å². The first-order valence-electron chi connectivity index (χ1n) is 12.1. The molecule has 9 heteroatoms. The zero-order valence-electron chi connectivity index (χ0n) is 19.8. The Bertz CT molecular complexity index is 1310. The lowest BCUT2D eigenvalue weighted by Crippen LogP contribution is -2.45. The van der Waals surface area contributed by atoms with Crippen molar-refractivity contribution in [3.8, 4) is 5.75 Å². The summed E-state index contributed by atoms with van der Waals surface area (Å²) in [6.07, 6.45) is 6.14. The normalized spacial score (nSPS) is 19.1. The van der Waals surface area contributed by atoms with Crippen molar-refractivity contribution in [3.63, 3.8) is 0 Å². The maximum Gasteiger partial charge on any atom is 0.265 e. The van der Waals surface area contributed by atoms with Gasteiger partial charge < -0.3 is 4.74 Å². The third-order valence-electron chi connectivity index (χ3n) is 6.71. The number of fused-ring (bicyclic) bond motifs is 1. The first kappa shape index (κ1) is 23.2. The zero-order chi connectivity index (χ0) is 24.4. The quantitative estimate of drug-likeness (QED) is 0.546. The molecule has 0 radical (unpaired) electrons. The lowest BCUT2D eigenvalue weighted by molar-refractivity contribution is -0.135. The highest BCUT2D eigenvalue weighted by atomic mass is 16.5. The minimum absolute atomic E-state index is 0.178. The number of aryl methyl sites for hydroxylation is 1. The number of carbonyl (C=O) groups excluding carboxylic acids is 2. The number of amides is 2. The summed E-state index contributed by atoms with van der Waals surface area (Å²) in [6, 6.07) is 8.51. The van der Waals surface area contributed by atoms with Crippen molar-refractivity contribution in [2.75, 3.05) is 13.1 Å². The van der Waals surface area contributed by atoms with Gasteiger partial charge >= 0.3 is 0 Å². The van der Waals surface area contributed by atoms with Crippen molar-refractivity contribution < 1.29 is 14.3 Å². The van der Waals surface area contributed by atoms with Crippen LogP contribution in [0.3, 0.4) is 0 Å². The number of nitrogens with one attached hydrogen (secondary N) is 1. The number of aromatic nitrogens is 3. The molecule has 3 aromatic rings. The molecule has 0 spiro atoms. The summed E-state index contributed by atoms with van der Waals surface area (Å²) >= 11 is 0. The SMILES string of the molecule is Cc1nc2cccc(OCc3ccc(CN4CCCCC4)cn3)c2c(=O)n1C1CCC(=O)NC1=O. The van der Waals surface area contributed by atoms with E-state index < -0.39 is 11.9 Å². The van der Waals surface area contributed by atoms with Crippen LogP contribution in [0.5, 0.6) is 5.75 Å². The van der Waals surface area contributed by atoms with E-state index in [0.717, 1.165) is 25.3 Å². The van der Waals surface area contributed by atoms with Crippen LogP contribution in [-0.4, -0.2) is 44.3 Å². The molecule has 1 unspecified atom stereocenters. The van der Waals surface area contributed by atoms with Gasteiger partial charge in [-0.1, -0.05) is 18.6 Å². The predicted octanol–water partition coefficient (Wildman–Crippen LogP) is 2.64. The highest BCUT2D eigenvalue weighted by Crippen LogP contribution is 2.25. The summed E-state index contributed by atoms with van der Waals surface area (Å²) in [5, 5.41) is 2.62. The molecule has 182 valence electrons. The van der Waals surface area contributed by atoms with Crippen LogP contribution in [0, 0.1) is 6.92 Å². The number of benzene rings is 1. The summed E-state index contributed by atoms with van der Waals surface area (Å²) in [4.78, 5) is 49.0. The second kappa shape index (κ2) is 9.95. The number of pyridine rings is 1. The Morgan fingerprint density at radius 3 is 2.66 bits per heavy atom. The molecule has 0 saturated carbocycles. The Kier molecular flexibility index (Phi) is 6.59. The highest BCUT2D eigenvalue weighted by Gasteiger charge is 2.31. The fraction of sp³-hybridized carbons (Fsp3) is 0.423. The second-order valence-electron chi connectivity index (χ2n) is 9.23. The van der Waals surface area contributed by atoms with Crippen LogP contribution in [-0.2, 0) is 22.7 Å². The van der Waals surface area contributed by atoms with Gasteiger partial charge in [-0.2, -0.15) is 0 Å². The predicted molar refractivity (Wildman–Crippen MR) is 130 cm³/mol. The Hall–Kier alpha value is -3.59. The first-order chi connectivity index (χ1) is 17.0. The van der Waals surface area contributed by atoms with Gasteiger partial charge in [-0.3, -0.25) is 34.2 Å². The van der Waals surface area contributed by atoms with Crippen molar-refractivity contribution in [2.45, 2.75) is 58.2 Å². The number of imide groups is 1. The Morgan fingerprint density at radius 2 is 1.91 bits per heavy atom. The van der Waals surface area contributed by atoms with Crippen molar-refractivity contribution in [1.29, 1.82) is 0 Å². The highest BCUT2D eigenvalue weighted by molar-refractivity contribution is 5.99. The van der Waals surface area contributed by atoms with Gasteiger partial charge in [0.1, 0.15) is 29.6 Å². The number of piperidine rings is 2. The van der Waals surface area contributed by atoms with Gasteiger partial charge in [0.15, 0.2) is 0 Å². The van der Waals surface area contributed by atoms with Gasteiger partial charge in [0.2, 0.25) is 11.8 Å². The molecule has 2 saturated heterocycles. The fourth-order valence-corrected chi connectivity index (χ4v) is 4.90. The fourth-order valence-electron chi connectivity index (χ4n) is 4.90. The lowest BCUT2D eigenvalue weighted by Gasteiger charge is -2.26. The molecule has 1 aromatic carbocycles. The van der Waals surface area contributed by atoms with E-state index >= 15 is 0 Å². The largest absolute Gasteiger partial charge is 0.486 e. The average Bonchev–Trinajstić information content (AvgIpc) is 2.85. The molecule has 5 rings (SSSR count). The van der Waals surface area contributed by atoms with Crippen molar-refractivity contribution in [1.82, 2.24) is 24.8 Å². The van der Waals surface area contributed by atoms with Gasteiger partial charge in [-0.05, 0) is 63.0 Å². The molecule has 4 heterocycles. The van der Waals surface area contributed by atoms with Crippen LogP contribution in [0.25, 0.3) is 10.9 Å². The Morgan fingerprint density at radius 1 is 1.09 bits per heavy atom. The minimum Gasteiger partial charge on any atom is -0.486 e. The molecule has 1 N–H and O–H groups in total. The number of nitrogens with zero attached hydrogens (tertiary/aromatic N) is 4. The number of hydrogen-bond acceptors (Lipinski definition) is 7. The summed E-state index contributed by atoms with van der Waals surface area (Å²) in [5.74, 6) is -0.00985. The maximum atomic E-state index is 13.5. The van der Waals surface area contributed by atoms with Crippen molar-refractivity contribution >= 4 is 22.7 Å². The van der Waals surface area contributed by atoms with Crippen LogP contribution >= 0.6 is 0 Å². The number of hydrogen-bond donors (Lipinski definition) is 1.